The molecular weight excluding hydrogens is 676 g/mol. The zero-order valence-electron chi connectivity index (χ0n) is 33.0. The number of carbonyl (C=O) groups excluding carboxylic acids is 6. The average Bonchev–Trinajstić information content (AvgIpc) is 3.61. The van der Waals surface area contributed by atoms with E-state index in [4.69, 9.17) is 15.9 Å². The van der Waals surface area contributed by atoms with Gasteiger partial charge in [0.15, 0.2) is 6.10 Å². The van der Waals surface area contributed by atoms with E-state index in [-0.39, 0.29) is 37.1 Å². The zero-order valence-corrected chi connectivity index (χ0v) is 33.0. The number of ether oxygens (including phenoxy) is 2. The molecule has 0 saturated carbocycles. The van der Waals surface area contributed by atoms with Crippen molar-refractivity contribution in [3.05, 3.63) is 35.9 Å². The van der Waals surface area contributed by atoms with Crippen LogP contribution in [0.1, 0.15) is 92.6 Å². The van der Waals surface area contributed by atoms with E-state index in [0.717, 1.165) is 5.56 Å². The first kappa shape index (κ1) is 43.0. The summed E-state index contributed by atoms with van der Waals surface area (Å²) in [7, 11) is 3.03. The number of likely N-dealkylation sites (N-methyl/N-ethyl adjacent to an activating group) is 2. The summed E-state index contributed by atoms with van der Waals surface area (Å²) in [6.07, 6.45) is 5.92. The predicted molar refractivity (Wildman–Crippen MR) is 201 cm³/mol. The number of rotatable bonds is 9. The van der Waals surface area contributed by atoms with E-state index in [1.54, 1.807) is 34.6 Å². The lowest BCUT2D eigenvalue weighted by atomic mass is 9.94. The van der Waals surface area contributed by atoms with Crippen molar-refractivity contribution in [3.8, 4) is 12.3 Å². The first-order chi connectivity index (χ1) is 25.0. The molecule has 0 radical (unpaired) electrons. The second-order valence-electron chi connectivity index (χ2n) is 15.3. The number of hydrogen-bond acceptors (Lipinski definition) is 8. The van der Waals surface area contributed by atoms with E-state index in [1.165, 1.54) is 28.8 Å². The minimum absolute atomic E-state index is 0.0497. The third-order valence-corrected chi connectivity index (χ3v) is 10.7. The van der Waals surface area contributed by atoms with Crippen molar-refractivity contribution in [2.24, 2.45) is 23.7 Å². The number of esters is 2. The number of benzene rings is 1. The number of carbonyl (C=O) groups is 6. The van der Waals surface area contributed by atoms with Gasteiger partial charge in [-0.2, -0.15) is 0 Å². The zero-order chi connectivity index (χ0) is 39.6. The highest BCUT2D eigenvalue weighted by Gasteiger charge is 2.45. The first-order valence-electron chi connectivity index (χ1n) is 19.1. The molecule has 1 aromatic carbocycles. The van der Waals surface area contributed by atoms with Gasteiger partial charge < -0.3 is 29.5 Å². The van der Waals surface area contributed by atoms with Gasteiger partial charge in [0.1, 0.15) is 30.3 Å². The van der Waals surface area contributed by atoms with Gasteiger partial charge in [-0.3, -0.25) is 19.2 Å². The average molecular weight is 737 g/mol. The van der Waals surface area contributed by atoms with E-state index in [9.17, 15) is 28.8 Å². The molecule has 12 nitrogen and oxygen atoms in total. The monoisotopic (exact) mass is 736 g/mol. The minimum atomic E-state index is -1.29. The highest BCUT2D eigenvalue weighted by atomic mass is 16.6. The van der Waals surface area contributed by atoms with Crippen LogP contribution in [0.15, 0.2) is 30.3 Å². The molecule has 8 atom stereocenters. The number of amides is 4. The third kappa shape index (κ3) is 10.6. The molecule has 1 N–H and O–H groups in total. The lowest BCUT2D eigenvalue weighted by molar-refractivity contribution is -0.170. The van der Waals surface area contributed by atoms with Crippen LogP contribution in [-0.4, -0.2) is 107 Å². The normalized spacial score (nSPS) is 27.7. The summed E-state index contributed by atoms with van der Waals surface area (Å²) < 4.78 is 12.2. The van der Waals surface area contributed by atoms with Crippen LogP contribution in [0.25, 0.3) is 0 Å². The quantitative estimate of drug-likeness (QED) is 0.228. The Morgan fingerprint density at radius 3 is 2.08 bits per heavy atom. The molecule has 1 aromatic rings. The smallest absolute Gasteiger partial charge is 0.329 e. The van der Waals surface area contributed by atoms with Crippen molar-refractivity contribution < 1.29 is 38.2 Å². The molecule has 0 aromatic heterocycles. The van der Waals surface area contributed by atoms with E-state index in [0.29, 0.717) is 32.1 Å². The fourth-order valence-corrected chi connectivity index (χ4v) is 7.29. The predicted octanol–water partition coefficient (Wildman–Crippen LogP) is 3.99. The number of fused-ring (bicyclic) bond motifs is 1. The lowest BCUT2D eigenvalue weighted by Gasteiger charge is -2.36. The van der Waals surface area contributed by atoms with E-state index >= 15 is 0 Å². The van der Waals surface area contributed by atoms with E-state index in [1.807, 2.05) is 44.2 Å². The fraction of sp³-hybridized carbons (Fsp3) is 0.659. The third-order valence-electron chi connectivity index (χ3n) is 10.7. The van der Waals surface area contributed by atoms with Gasteiger partial charge in [0.05, 0.1) is 5.92 Å². The van der Waals surface area contributed by atoms with Crippen LogP contribution in [-0.2, 0) is 44.7 Å². The molecule has 1 unspecified atom stereocenters. The van der Waals surface area contributed by atoms with Crippen LogP contribution in [0.2, 0.25) is 0 Å². The van der Waals surface area contributed by atoms with Gasteiger partial charge in [-0.15, -0.1) is 12.3 Å². The van der Waals surface area contributed by atoms with Crippen molar-refractivity contribution in [2.75, 3.05) is 20.6 Å². The molecular formula is C41H60N4O8. The topological polar surface area (TPSA) is 143 Å². The molecule has 0 bridgehead atoms. The van der Waals surface area contributed by atoms with Crippen molar-refractivity contribution in [1.82, 2.24) is 20.0 Å². The highest BCUT2D eigenvalue weighted by Crippen LogP contribution is 2.27. The standard InChI is InChI=1S/C41H60N4O8/c1-11-13-15-22-31-28(8)36(46)42-33(25(3)4)39(49)44(10)35(27(7)12-2)41(51)53-32(24-29-19-16-14-17-20-29)38(48)45-23-18-21-30(45)37(47)43(9)34(26(5)6)40(50)52-31/h1,14,16-17,19-20,25-28,30-35H,12-13,15,18,21-24H2,2-10H3,(H,42,46)/t27-,28-,30-,31-,32-,33?,34-,35-/m0/s1. The van der Waals surface area contributed by atoms with E-state index in [2.05, 4.69) is 11.2 Å². The summed E-state index contributed by atoms with van der Waals surface area (Å²) in [5.41, 5.74) is 0.747. The molecule has 292 valence electrons. The molecule has 2 fully saturated rings. The Hall–Kier alpha value is -4.40. The number of hydrogen-bond donors (Lipinski definition) is 1. The van der Waals surface area contributed by atoms with Crippen molar-refractivity contribution in [2.45, 2.75) is 130 Å². The van der Waals surface area contributed by atoms with Gasteiger partial charge in [-0.25, -0.2) is 9.59 Å². The van der Waals surface area contributed by atoms with Crippen LogP contribution in [0.4, 0.5) is 0 Å². The Labute approximate surface area is 315 Å². The summed E-state index contributed by atoms with van der Waals surface area (Å²) in [6.45, 7) is 12.8. The lowest BCUT2D eigenvalue weighted by Crippen LogP contribution is -2.58. The molecule has 0 spiro atoms. The Balaban J connectivity index is 2.19. The second-order valence-corrected chi connectivity index (χ2v) is 15.3. The maximum atomic E-state index is 14.5. The summed E-state index contributed by atoms with van der Waals surface area (Å²) in [4.78, 5) is 89.2. The maximum absolute atomic E-state index is 14.5. The van der Waals surface area contributed by atoms with Crippen LogP contribution < -0.4 is 5.32 Å². The number of terminal acetylenes is 1. The van der Waals surface area contributed by atoms with Crippen LogP contribution >= 0.6 is 0 Å². The van der Waals surface area contributed by atoms with Crippen LogP contribution in [0.5, 0.6) is 0 Å². The van der Waals surface area contributed by atoms with Gasteiger partial charge in [0.25, 0.3) is 5.91 Å². The minimum Gasteiger partial charge on any atom is -0.460 e. The Kier molecular flexibility index (Phi) is 15.9. The number of unbranched alkanes of at least 4 members (excludes halogenated alkanes) is 1. The largest absolute Gasteiger partial charge is 0.460 e. The fourth-order valence-electron chi connectivity index (χ4n) is 7.29. The Morgan fingerprint density at radius 2 is 1.49 bits per heavy atom. The van der Waals surface area contributed by atoms with Crippen molar-refractivity contribution in [1.29, 1.82) is 0 Å². The Morgan fingerprint density at radius 1 is 0.868 bits per heavy atom. The van der Waals surface area contributed by atoms with Crippen molar-refractivity contribution in [3.63, 3.8) is 0 Å². The van der Waals surface area contributed by atoms with E-state index < -0.39 is 77.9 Å². The van der Waals surface area contributed by atoms with Crippen molar-refractivity contribution >= 4 is 35.6 Å². The number of nitrogens with one attached hydrogen (secondary N) is 1. The van der Waals surface area contributed by atoms with Gasteiger partial charge in [0.2, 0.25) is 17.7 Å². The summed E-state index contributed by atoms with van der Waals surface area (Å²) in [5.74, 6) is -2.85. The van der Waals surface area contributed by atoms with Gasteiger partial charge in [0, 0.05) is 33.5 Å². The molecule has 4 amide bonds. The van der Waals surface area contributed by atoms with Crippen LogP contribution in [0, 0.1) is 36.0 Å². The molecule has 3 rings (SSSR count). The SMILES string of the molecule is C#CCCC[C@@H]1OC(=O)[C@H](C(C)C)N(C)C(=O)[C@@H]2CCCN2C(=O)[C@H](Cc2ccccc2)OC(=O)[C@H]([C@@H](C)CC)N(C)C(=O)C(C(C)C)NC(=O)[C@H]1C. The van der Waals surface area contributed by atoms with Gasteiger partial charge in [-0.05, 0) is 49.0 Å². The number of cyclic esters (lactones) is 2. The molecule has 2 heterocycles. The maximum Gasteiger partial charge on any atom is 0.329 e. The van der Waals surface area contributed by atoms with Crippen LogP contribution in [0.3, 0.4) is 0 Å². The molecule has 2 aliphatic rings. The van der Waals surface area contributed by atoms with Gasteiger partial charge >= 0.3 is 11.9 Å². The first-order valence-corrected chi connectivity index (χ1v) is 19.1. The second kappa shape index (κ2) is 19.6. The number of nitrogens with zero attached hydrogens (tertiary/aromatic N) is 3. The van der Waals surface area contributed by atoms with Gasteiger partial charge in [-0.1, -0.05) is 85.2 Å². The Bertz CT molecular complexity index is 1490. The summed E-state index contributed by atoms with van der Waals surface area (Å²) in [6, 6.07) is 5.10. The highest BCUT2D eigenvalue weighted by molar-refractivity contribution is 5.95. The molecule has 2 saturated heterocycles. The molecule has 53 heavy (non-hydrogen) atoms. The summed E-state index contributed by atoms with van der Waals surface area (Å²) in [5, 5.41) is 2.87. The summed E-state index contributed by atoms with van der Waals surface area (Å²) >= 11 is 0. The molecule has 12 heteroatoms. The molecule has 2 aliphatic heterocycles. The molecule has 0 aliphatic carbocycles.